The van der Waals surface area contributed by atoms with Gasteiger partial charge in [0.1, 0.15) is 12.4 Å². The van der Waals surface area contributed by atoms with Gasteiger partial charge in [0.2, 0.25) is 0 Å². The molecule has 0 N–H and O–H groups in total. The van der Waals surface area contributed by atoms with Crippen molar-refractivity contribution in [3.63, 3.8) is 0 Å². The van der Waals surface area contributed by atoms with Gasteiger partial charge in [-0.15, -0.1) is 0 Å². The number of carbonyl (C=O) groups is 1. The van der Waals surface area contributed by atoms with Crippen LogP contribution in [0.4, 0.5) is 0 Å². The highest BCUT2D eigenvalue weighted by Gasteiger charge is 2.20. The fourth-order valence-corrected chi connectivity index (χ4v) is 3.85. The van der Waals surface area contributed by atoms with E-state index in [-0.39, 0.29) is 5.41 Å². The smallest absolute Gasteiger partial charge is 0.167 e. The maximum atomic E-state index is 12.2. The number of pyridine rings is 1. The van der Waals surface area contributed by atoms with Crippen LogP contribution in [0.1, 0.15) is 54.9 Å². The van der Waals surface area contributed by atoms with Crippen LogP contribution in [0.2, 0.25) is 0 Å². The standard InChI is InChI=1S/C28H29NO2/c1-5-20-11-13-23-16-24(26(18-30)29(23)17-20)25-15-22(28(2,3)4)12-14-27(25)31-19-21-9-7-6-8-10-21/h6-18H,5,19H2,1-4H3. The predicted octanol–water partition coefficient (Wildman–Crippen LogP) is 6.86. The third-order valence-electron chi connectivity index (χ3n) is 5.76. The molecule has 31 heavy (non-hydrogen) atoms. The molecule has 4 aromatic rings. The van der Waals surface area contributed by atoms with E-state index < -0.39 is 0 Å². The van der Waals surface area contributed by atoms with Crippen molar-refractivity contribution in [2.24, 2.45) is 0 Å². The largest absolute Gasteiger partial charge is 0.488 e. The molecule has 3 nitrogen and oxygen atoms in total. The fraction of sp³-hybridized carbons (Fsp3) is 0.250. The van der Waals surface area contributed by atoms with E-state index >= 15 is 0 Å². The van der Waals surface area contributed by atoms with Gasteiger partial charge in [0.25, 0.3) is 0 Å². The van der Waals surface area contributed by atoms with E-state index in [1.54, 1.807) is 0 Å². The minimum absolute atomic E-state index is 0.0113. The molecule has 2 aromatic heterocycles. The van der Waals surface area contributed by atoms with Crippen molar-refractivity contribution in [3.8, 4) is 16.9 Å². The van der Waals surface area contributed by atoms with Crippen LogP contribution in [0.3, 0.4) is 0 Å². The summed E-state index contributed by atoms with van der Waals surface area (Å²) in [6, 6.07) is 22.7. The first-order valence-electron chi connectivity index (χ1n) is 10.8. The summed E-state index contributed by atoms with van der Waals surface area (Å²) in [5.74, 6) is 0.784. The van der Waals surface area contributed by atoms with Crippen molar-refractivity contribution in [1.82, 2.24) is 4.40 Å². The number of aldehydes is 1. The number of rotatable bonds is 6. The van der Waals surface area contributed by atoms with E-state index in [4.69, 9.17) is 4.74 Å². The highest BCUT2D eigenvalue weighted by Crippen LogP contribution is 2.38. The lowest BCUT2D eigenvalue weighted by atomic mass is 9.85. The monoisotopic (exact) mass is 411 g/mol. The molecular weight excluding hydrogens is 382 g/mol. The van der Waals surface area contributed by atoms with Crippen LogP contribution in [-0.4, -0.2) is 10.7 Å². The molecule has 0 unspecified atom stereocenters. The lowest BCUT2D eigenvalue weighted by molar-refractivity contribution is 0.111. The molecule has 0 aliphatic carbocycles. The Kier molecular flexibility index (Phi) is 5.69. The molecule has 0 saturated carbocycles. The molecule has 158 valence electrons. The third kappa shape index (κ3) is 4.27. The number of hydrogen-bond donors (Lipinski definition) is 0. The Balaban J connectivity index is 1.86. The molecule has 0 spiro atoms. The van der Waals surface area contributed by atoms with E-state index in [1.165, 1.54) is 11.1 Å². The molecule has 3 heteroatoms. The Labute approximate surface area is 184 Å². The molecule has 0 fully saturated rings. The molecular formula is C28H29NO2. The SMILES string of the molecule is CCc1ccc2cc(-c3cc(C(C)(C)C)ccc3OCc3ccccc3)c(C=O)n2c1. The van der Waals surface area contributed by atoms with Crippen LogP contribution in [-0.2, 0) is 18.4 Å². The molecule has 0 radical (unpaired) electrons. The van der Waals surface area contributed by atoms with E-state index in [0.29, 0.717) is 12.3 Å². The lowest BCUT2D eigenvalue weighted by Crippen LogP contribution is -2.11. The maximum Gasteiger partial charge on any atom is 0.167 e. The number of aromatic nitrogens is 1. The minimum atomic E-state index is -0.0113. The van der Waals surface area contributed by atoms with Crippen molar-refractivity contribution in [1.29, 1.82) is 0 Å². The van der Waals surface area contributed by atoms with Crippen LogP contribution in [0, 0.1) is 0 Å². The van der Waals surface area contributed by atoms with Crippen molar-refractivity contribution in [2.75, 3.05) is 0 Å². The Hall–Kier alpha value is -3.33. The van der Waals surface area contributed by atoms with Crippen molar-refractivity contribution in [3.05, 3.63) is 95.3 Å². The molecule has 0 bridgehead atoms. The second-order valence-corrected chi connectivity index (χ2v) is 8.98. The molecule has 4 rings (SSSR count). The third-order valence-corrected chi connectivity index (χ3v) is 5.76. The summed E-state index contributed by atoms with van der Waals surface area (Å²) in [5.41, 5.74) is 7.01. The number of hydrogen-bond acceptors (Lipinski definition) is 2. The van der Waals surface area contributed by atoms with E-state index in [1.807, 2.05) is 28.7 Å². The number of fused-ring (bicyclic) bond motifs is 1. The first-order valence-corrected chi connectivity index (χ1v) is 10.8. The molecule has 0 atom stereocenters. The van der Waals surface area contributed by atoms with Crippen LogP contribution in [0.15, 0.2) is 72.9 Å². The van der Waals surface area contributed by atoms with Gasteiger partial charge < -0.3 is 9.14 Å². The highest BCUT2D eigenvalue weighted by molar-refractivity contribution is 5.91. The zero-order valence-corrected chi connectivity index (χ0v) is 18.7. The second-order valence-electron chi connectivity index (χ2n) is 8.98. The molecule has 0 aliphatic heterocycles. The average molecular weight is 412 g/mol. The van der Waals surface area contributed by atoms with E-state index in [9.17, 15) is 4.79 Å². The van der Waals surface area contributed by atoms with Gasteiger partial charge in [0, 0.05) is 22.8 Å². The number of nitrogens with zero attached hydrogens (tertiary/aromatic N) is 1. The van der Waals surface area contributed by atoms with Gasteiger partial charge in [0.15, 0.2) is 6.29 Å². The van der Waals surface area contributed by atoms with Gasteiger partial charge in [-0.2, -0.15) is 0 Å². The van der Waals surface area contributed by atoms with Crippen molar-refractivity contribution in [2.45, 2.75) is 46.1 Å². The summed E-state index contributed by atoms with van der Waals surface area (Å²) in [5, 5.41) is 0. The van der Waals surface area contributed by atoms with E-state index in [2.05, 4.69) is 76.4 Å². The minimum Gasteiger partial charge on any atom is -0.488 e. The summed E-state index contributed by atoms with van der Waals surface area (Å²) < 4.78 is 8.25. The topological polar surface area (TPSA) is 30.7 Å². The summed E-state index contributed by atoms with van der Waals surface area (Å²) in [7, 11) is 0. The van der Waals surface area contributed by atoms with Gasteiger partial charge in [-0.05, 0) is 52.8 Å². The summed E-state index contributed by atoms with van der Waals surface area (Å²) >= 11 is 0. The molecule has 0 saturated heterocycles. The normalized spacial score (nSPS) is 11.6. The Morgan fingerprint density at radius 1 is 0.903 bits per heavy atom. The highest BCUT2D eigenvalue weighted by atomic mass is 16.5. The van der Waals surface area contributed by atoms with E-state index in [0.717, 1.165) is 40.7 Å². The number of carbonyl (C=O) groups excluding carboxylic acids is 1. The van der Waals surface area contributed by atoms with Gasteiger partial charge in [-0.25, -0.2) is 0 Å². The van der Waals surface area contributed by atoms with Crippen LogP contribution >= 0.6 is 0 Å². The predicted molar refractivity (Wildman–Crippen MR) is 127 cm³/mol. The average Bonchev–Trinajstić information content (AvgIpc) is 3.15. The second kappa shape index (κ2) is 8.43. The van der Waals surface area contributed by atoms with Crippen LogP contribution in [0.25, 0.3) is 16.6 Å². The Morgan fingerprint density at radius 2 is 1.68 bits per heavy atom. The maximum absolute atomic E-state index is 12.2. The molecule has 2 heterocycles. The molecule has 0 aliphatic rings. The van der Waals surface area contributed by atoms with Crippen LogP contribution < -0.4 is 4.74 Å². The van der Waals surface area contributed by atoms with Gasteiger partial charge in [-0.1, -0.05) is 70.2 Å². The summed E-state index contributed by atoms with van der Waals surface area (Å²) in [6.07, 6.45) is 3.93. The summed E-state index contributed by atoms with van der Waals surface area (Å²) in [4.78, 5) is 12.2. The molecule has 2 aromatic carbocycles. The quantitative estimate of drug-likeness (QED) is 0.325. The number of benzene rings is 2. The first kappa shape index (κ1) is 20.9. The summed E-state index contributed by atoms with van der Waals surface area (Å²) in [6.45, 7) is 9.18. The van der Waals surface area contributed by atoms with Gasteiger partial charge in [0.05, 0.1) is 5.69 Å². The number of aryl methyl sites for hydroxylation is 1. The zero-order chi connectivity index (χ0) is 22.0. The lowest BCUT2D eigenvalue weighted by Gasteiger charge is -2.21. The van der Waals surface area contributed by atoms with Gasteiger partial charge >= 0.3 is 0 Å². The van der Waals surface area contributed by atoms with Crippen molar-refractivity contribution < 1.29 is 9.53 Å². The number of ether oxygens (including phenoxy) is 1. The first-order chi connectivity index (χ1) is 14.9. The molecule has 0 amide bonds. The fourth-order valence-electron chi connectivity index (χ4n) is 3.85. The zero-order valence-electron chi connectivity index (χ0n) is 18.7. The Bertz CT molecular complexity index is 1210. The van der Waals surface area contributed by atoms with Gasteiger partial charge in [-0.3, -0.25) is 4.79 Å². The van der Waals surface area contributed by atoms with Crippen molar-refractivity contribution >= 4 is 11.8 Å². The van der Waals surface area contributed by atoms with Crippen LogP contribution in [0.5, 0.6) is 5.75 Å². The Morgan fingerprint density at radius 3 is 2.35 bits per heavy atom.